The summed E-state index contributed by atoms with van der Waals surface area (Å²) in [6, 6.07) is 4.21. The SMILES string of the molecule is CCCOCCC(=O)c1ccc(OC)c(F)c1. The second-order valence-corrected chi connectivity index (χ2v) is 3.63. The van der Waals surface area contributed by atoms with E-state index in [0.29, 0.717) is 18.8 Å². The highest BCUT2D eigenvalue weighted by atomic mass is 19.1. The molecule has 0 spiro atoms. The maximum atomic E-state index is 13.3. The van der Waals surface area contributed by atoms with E-state index in [2.05, 4.69) is 0 Å². The monoisotopic (exact) mass is 240 g/mol. The summed E-state index contributed by atoms with van der Waals surface area (Å²) in [4.78, 5) is 11.7. The van der Waals surface area contributed by atoms with Crippen LogP contribution in [0.1, 0.15) is 30.1 Å². The smallest absolute Gasteiger partial charge is 0.165 e. The van der Waals surface area contributed by atoms with Crippen LogP contribution in [0.5, 0.6) is 5.75 Å². The van der Waals surface area contributed by atoms with Crippen molar-refractivity contribution >= 4 is 5.78 Å². The summed E-state index contributed by atoms with van der Waals surface area (Å²) < 4.78 is 23.3. The van der Waals surface area contributed by atoms with Gasteiger partial charge in [-0.3, -0.25) is 4.79 Å². The standard InChI is InChI=1S/C13H17FO3/c1-3-7-17-8-6-12(15)10-4-5-13(16-2)11(14)9-10/h4-5,9H,3,6-8H2,1-2H3. The van der Waals surface area contributed by atoms with Crippen molar-refractivity contribution in [2.24, 2.45) is 0 Å². The fraction of sp³-hybridized carbons (Fsp3) is 0.462. The molecule has 0 aliphatic rings. The summed E-state index contributed by atoms with van der Waals surface area (Å²) in [5, 5.41) is 0. The van der Waals surface area contributed by atoms with Gasteiger partial charge in [0.15, 0.2) is 17.3 Å². The minimum Gasteiger partial charge on any atom is -0.494 e. The van der Waals surface area contributed by atoms with Crippen LogP contribution in [0.15, 0.2) is 18.2 Å². The maximum Gasteiger partial charge on any atom is 0.165 e. The first-order chi connectivity index (χ1) is 8.19. The first-order valence-corrected chi connectivity index (χ1v) is 5.63. The number of benzene rings is 1. The fourth-order valence-corrected chi connectivity index (χ4v) is 1.40. The highest BCUT2D eigenvalue weighted by Crippen LogP contribution is 2.18. The topological polar surface area (TPSA) is 35.5 Å². The summed E-state index contributed by atoms with van der Waals surface area (Å²) in [6.07, 6.45) is 1.19. The Morgan fingerprint density at radius 2 is 2.12 bits per heavy atom. The molecule has 0 heterocycles. The van der Waals surface area contributed by atoms with Crippen molar-refractivity contribution in [2.45, 2.75) is 19.8 Å². The number of hydrogen-bond donors (Lipinski definition) is 0. The van der Waals surface area contributed by atoms with E-state index in [-0.39, 0.29) is 18.0 Å². The zero-order valence-electron chi connectivity index (χ0n) is 10.2. The van der Waals surface area contributed by atoms with Gasteiger partial charge >= 0.3 is 0 Å². The molecule has 4 heteroatoms. The average molecular weight is 240 g/mol. The van der Waals surface area contributed by atoms with E-state index in [4.69, 9.17) is 9.47 Å². The predicted molar refractivity (Wildman–Crippen MR) is 63.0 cm³/mol. The van der Waals surface area contributed by atoms with Crippen LogP contribution in [-0.2, 0) is 4.74 Å². The number of carbonyl (C=O) groups excluding carboxylic acids is 1. The van der Waals surface area contributed by atoms with E-state index < -0.39 is 5.82 Å². The largest absolute Gasteiger partial charge is 0.494 e. The molecule has 1 rings (SSSR count). The molecule has 0 N–H and O–H groups in total. The molecule has 3 nitrogen and oxygen atoms in total. The van der Waals surface area contributed by atoms with Gasteiger partial charge in [-0.2, -0.15) is 0 Å². The molecule has 0 aliphatic heterocycles. The Labute approximate surface area is 101 Å². The molecule has 0 aromatic heterocycles. The van der Waals surface area contributed by atoms with Crippen LogP contribution in [0.3, 0.4) is 0 Å². The molecule has 1 aromatic carbocycles. The van der Waals surface area contributed by atoms with Gasteiger partial charge < -0.3 is 9.47 Å². The molecule has 0 unspecified atom stereocenters. The minimum absolute atomic E-state index is 0.123. The zero-order valence-corrected chi connectivity index (χ0v) is 10.2. The van der Waals surface area contributed by atoms with Crippen LogP contribution in [-0.4, -0.2) is 26.1 Å². The molecule has 17 heavy (non-hydrogen) atoms. The van der Waals surface area contributed by atoms with Gasteiger partial charge in [0.05, 0.1) is 13.7 Å². The van der Waals surface area contributed by atoms with Gasteiger partial charge in [-0.25, -0.2) is 4.39 Å². The summed E-state index contributed by atoms with van der Waals surface area (Å²) in [5.41, 5.74) is 0.350. The minimum atomic E-state index is -0.521. The van der Waals surface area contributed by atoms with Crippen molar-refractivity contribution in [3.63, 3.8) is 0 Å². The van der Waals surface area contributed by atoms with E-state index in [1.165, 1.54) is 19.2 Å². The van der Waals surface area contributed by atoms with Gasteiger partial charge in [-0.05, 0) is 24.6 Å². The normalized spacial score (nSPS) is 10.3. The molecule has 0 radical (unpaired) electrons. The van der Waals surface area contributed by atoms with Crippen LogP contribution in [0.4, 0.5) is 4.39 Å². The zero-order chi connectivity index (χ0) is 12.7. The molecular formula is C13H17FO3. The van der Waals surface area contributed by atoms with Crippen LogP contribution in [0.25, 0.3) is 0 Å². The summed E-state index contributed by atoms with van der Waals surface area (Å²) in [5.74, 6) is -0.501. The van der Waals surface area contributed by atoms with Gasteiger partial charge in [-0.1, -0.05) is 6.92 Å². The van der Waals surface area contributed by atoms with E-state index in [1.54, 1.807) is 6.07 Å². The second-order valence-electron chi connectivity index (χ2n) is 3.63. The molecule has 0 atom stereocenters. The lowest BCUT2D eigenvalue weighted by Gasteiger charge is -2.05. The van der Waals surface area contributed by atoms with E-state index in [0.717, 1.165) is 6.42 Å². The van der Waals surface area contributed by atoms with Crippen molar-refractivity contribution in [2.75, 3.05) is 20.3 Å². The molecule has 0 amide bonds. The summed E-state index contributed by atoms with van der Waals surface area (Å²) in [7, 11) is 1.39. The number of halogens is 1. The Hall–Kier alpha value is -1.42. The number of methoxy groups -OCH3 is 1. The molecule has 1 aromatic rings. The van der Waals surface area contributed by atoms with Crippen LogP contribution >= 0.6 is 0 Å². The van der Waals surface area contributed by atoms with Crippen LogP contribution in [0, 0.1) is 5.82 Å². The summed E-state index contributed by atoms with van der Waals surface area (Å²) >= 11 is 0. The number of carbonyl (C=O) groups is 1. The van der Waals surface area contributed by atoms with E-state index >= 15 is 0 Å². The van der Waals surface area contributed by atoms with Gasteiger partial charge in [0.2, 0.25) is 0 Å². The number of ketones is 1. The molecule has 0 fully saturated rings. The van der Waals surface area contributed by atoms with Crippen molar-refractivity contribution < 1.29 is 18.7 Å². The number of rotatable bonds is 7. The Bertz CT molecular complexity index is 377. The van der Waals surface area contributed by atoms with E-state index in [9.17, 15) is 9.18 Å². The second kappa shape index (κ2) is 7.01. The number of ether oxygens (including phenoxy) is 2. The van der Waals surface area contributed by atoms with E-state index in [1.807, 2.05) is 6.92 Å². The highest BCUT2D eigenvalue weighted by molar-refractivity contribution is 5.96. The number of Topliss-reactive ketones (excluding diaryl/α,β-unsaturated/α-hetero) is 1. The first kappa shape index (κ1) is 13.6. The molecule has 0 saturated heterocycles. The number of hydrogen-bond acceptors (Lipinski definition) is 3. The van der Waals surface area contributed by atoms with Crippen molar-refractivity contribution in [1.29, 1.82) is 0 Å². The molecule has 0 saturated carbocycles. The fourth-order valence-electron chi connectivity index (χ4n) is 1.40. The average Bonchev–Trinajstić information content (AvgIpc) is 2.34. The van der Waals surface area contributed by atoms with Gasteiger partial charge in [0.25, 0.3) is 0 Å². The maximum absolute atomic E-state index is 13.3. The highest BCUT2D eigenvalue weighted by Gasteiger charge is 2.09. The molecule has 0 bridgehead atoms. The third-order valence-electron chi connectivity index (χ3n) is 2.30. The Morgan fingerprint density at radius 1 is 1.35 bits per heavy atom. The van der Waals surface area contributed by atoms with Crippen molar-refractivity contribution in [3.05, 3.63) is 29.6 Å². The first-order valence-electron chi connectivity index (χ1n) is 5.63. The Kier molecular flexibility index (Phi) is 5.63. The van der Waals surface area contributed by atoms with Crippen molar-refractivity contribution in [1.82, 2.24) is 0 Å². The lowest BCUT2D eigenvalue weighted by Crippen LogP contribution is -2.06. The van der Waals surface area contributed by atoms with Crippen LogP contribution in [0.2, 0.25) is 0 Å². The lowest BCUT2D eigenvalue weighted by molar-refractivity contribution is 0.0878. The Balaban J connectivity index is 2.54. The van der Waals surface area contributed by atoms with Gasteiger partial charge in [-0.15, -0.1) is 0 Å². The van der Waals surface area contributed by atoms with Gasteiger partial charge in [0.1, 0.15) is 0 Å². The summed E-state index contributed by atoms with van der Waals surface area (Å²) in [6.45, 7) is 3.02. The van der Waals surface area contributed by atoms with Gasteiger partial charge in [0, 0.05) is 18.6 Å². The Morgan fingerprint density at radius 3 is 2.71 bits per heavy atom. The van der Waals surface area contributed by atoms with Crippen molar-refractivity contribution in [3.8, 4) is 5.75 Å². The lowest BCUT2D eigenvalue weighted by atomic mass is 10.1. The third-order valence-corrected chi connectivity index (χ3v) is 2.30. The predicted octanol–water partition coefficient (Wildman–Crippen LogP) is 2.83. The molecule has 94 valence electrons. The quantitative estimate of drug-likeness (QED) is 0.543. The van der Waals surface area contributed by atoms with Crippen LogP contribution < -0.4 is 4.74 Å². The third kappa shape index (κ3) is 4.15. The molecular weight excluding hydrogens is 223 g/mol. The molecule has 0 aliphatic carbocycles.